The fourth-order valence-electron chi connectivity index (χ4n) is 2.36. The van der Waals surface area contributed by atoms with Crippen molar-refractivity contribution in [1.82, 2.24) is 10.5 Å². The Morgan fingerprint density at radius 3 is 2.17 bits per heavy atom. The van der Waals surface area contributed by atoms with Crippen LogP contribution in [0.5, 0.6) is 0 Å². The van der Waals surface area contributed by atoms with Gasteiger partial charge in [0.25, 0.3) is 5.54 Å². The second-order valence-electron chi connectivity index (χ2n) is 6.95. The number of benzene rings is 1. The van der Waals surface area contributed by atoms with Crippen LogP contribution in [-0.2, 0) is 19.8 Å². The molecular formula is C18H18F4N2O5. The molecule has 1 atom stereocenters. The van der Waals surface area contributed by atoms with Crippen LogP contribution < -0.4 is 5.32 Å². The van der Waals surface area contributed by atoms with Crippen LogP contribution in [0.15, 0.2) is 34.9 Å². The molecule has 0 radical (unpaired) electrons. The van der Waals surface area contributed by atoms with Crippen LogP contribution in [0.25, 0.3) is 11.3 Å². The summed E-state index contributed by atoms with van der Waals surface area (Å²) in [5.41, 5.74) is -4.75. The van der Waals surface area contributed by atoms with Gasteiger partial charge in [0.1, 0.15) is 17.1 Å². The van der Waals surface area contributed by atoms with Gasteiger partial charge in [0.2, 0.25) is 0 Å². The Hall–Kier alpha value is -3.11. The van der Waals surface area contributed by atoms with Gasteiger partial charge in [0, 0.05) is 11.6 Å². The molecule has 1 aromatic carbocycles. The van der Waals surface area contributed by atoms with E-state index in [9.17, 15) is 27.2 Å². The molecule has 158 valence electrons. The Kier molecular flexibility index (Phi) is 5.91. The number of carbonyl (C=O) groups excluding carboxylic acids is 2. The molecule has 0 bridgehead atoms. The zero-order valence-electron chi connectivity index (χ0n) is 15.9. The molecule has 1 N–H and O–H groups in total. The van der Waals surface area contributed by atoms with E-state index in [1.165, 1.54) is 38.2 Å². The smallest absolute Gasteiger partial charge is 0.430 e. The van der Waals surface area contributed by atoms with Crippen molar-refractivity contribution in [2.24, 2.45) is 0 Å². The summed E-state index contributed by atoms with van der Waals surface area (Å²) < 4.78 is 69.1. The number of hydrogen-bond acceptors (Lipinski definition) is 6. The number of aromatic nitrogens is 1. The number of alkyl carbamates (subject to hydrolysis) is 1. The average Bonchev–Trinajstić information content (AvgIpc) is 3.07. The molecule has 0 aliphatic carbocycles. The van der Waals surface area contributed by atoms with Gasteiger partial charge in [-0.1, -0.05) is 5.16 Å². The van der Waals surface area contributed by atoms with E-state index in [0.717, 1.165) is 25.3 Å². The first-order valence-corrected chi connectivity index (χ1v) is 8.19. The van der Waals surface area contributed by atoms with Gasteiger partial charge in [-0.3, -0.25) is 5.32 Å². The average molecular weight is 418 g/mol. The van der Waals surface area contributed by atoms with Crippen molar-refractivity contribution >= 4 is 12.1 Å². The van der Waals surface area contributed by atoms with Gasteiger partial charge in [0.15, 0.2) is 5.76 Å². The van der Waals surface area contributed by atoms with Gasteiger partial charge in [0.05, 0.1) is 7.11 Å². The van der Waals surface area contributed by atoms with Gasteiger partial charge in [-0.15, -0.1) is 0 Å². The quantitative estimate of drug-likeness (QED) is 0.598. The summed E-state index contributed by atoms with van der Waals surface area (Å²) in [5.74, 6) is -3.48. The number of alkyl halides is 3. The zero-order valence-corrected chi connectivity index (χ0v) is 15.9. The second kappa shape index (κ2) is 7.72. The summed E-state index contributed by atoms with van der Waals surface area (Å²) in [6, 6.07) is 5.45. The maximum absolute atomic E-state index is 14.0. The summed E-state index contributed by atoms with van der Waals surface area (Å²) in [6.07, 6.45) is -6.91. The first kappa shape index (κ1) is 22.2. The highest BCUT2D eigenvalue weighted by Crippen LogP contribution is 2.41. The van der Waals surface area contributed by atoms with E-state index in [1.807, 2.05) is 0 Å². The van der Waals surface area contributed by atoms with Crippen molar-refractivity contribution in [2.45, 2.75) is 38.1 Å². The number of rotatable bonds is 4. The number of carbonyl (C=O) groups is 2. The number of ether oxygens (including phenoxy) is 2. The third kappa shape index (κ3) is 4.66. The summed E-state index contributed by atoms with van der Waals surface area (Å²) in [4.78, 5) is 24.3. The number of amides is 1. The largest absolute Gasteiger partial charge is 0.467 e. The molecule has 1 unspecified atom stereocenters. The van der Waals surface area contributed by atoms with Gasteiger partial charge >= 0.3 is 18.2 Å². The molecule has 0 fully saturated rings. The van der Waals surface area contributed by atoms with E-state index in [4.69, 9.17) is 9.26 Å². The Morgan fingerprint density at radius 2 is 1.69 bits per heavy atom. The third-order valence-electron chi connectivity index (χ3n) is 3.62. The topological polar surface area (TPSA) is 90.7 Å². The summed E-state index contributed by atoms with van der Waals surface area (Å²) in [7, 11) is 0.719. The summed E-state index contributed by atoms with van der Waals surface area (Å²) in [5, 5.41) is 5.01. The molecule has 1 aromatic heterocycles. The van der Waals surface area contributed by atoms with E-state index in [2.05, 4.69) is 9.89 Å². The van der Waals surface area contributed by atoms with Gasteiger partial charge in [-0.25, -0.2) is 14.0 Å². The zero-order chi connectivity index (χ0) is 22.0. The number of nitrogens with one attached hydrogen (secondary N) is 1. The number of esters is 1. The SMILES string of the molecule is COC(=O)C(NC(=O)OC(C)(C)C)(c1cc(-c2ccc(F)cc2)no1)C(F)(F)F. The van der Waals surface area contributed by atoms with Crippen LogP contribution in [0.1, 0.15) is 26.5 Å². The highest BCUT2D eigenvalue weighted by molar-refractivity contribution is 5.88. The summed E-state index contributed by atoms with van der Waals surface area (Å²) in [6.45, 7) is 4.29. The first-order valence-electron chi connectivity index (χ1n) is 8.19. The number of nitrogens with zero attached hydrogens (tertiary/aromatic N) is 1. The van der Waals surface area contributed by atoms with E-state index < -0.39 is 41.0 Å². The molecule has 0 saturated heterocycles. The predicted molar refractivity (Wildman–Crippen MR) is 91.0 cm³/mol. The minimum absolute atomic E-state index is 0.122. The van der Waals surface area contributed by atoms with Crippen LogP contribution in [0.4, 0.5) is 22.4 Å². The molecule has 29 heavy (non-hydrogen) atoms. The first-order chi connectivity index (χ1) is 13.3. The van der Waals surface area contributed by atoms with Crippen molar-refractivity contribution in [2.75, 3.05) is 7.11 Å². The Bertz CT molecular complexity index is 887. The van der Waals surface area contributed by atoms with Crippen molar-refractivity contribution in [1.29, 1.82) is 0 Å². The Balaban J connectivity index is 2.56. The highest BCUT2D eigenvalue weighted by Gasteiger charge is 2.67. The highest BCUT2D eigenvalue weighted by atomic mass is 19.4. The van der Waals surface area contributed by atoms with Gasteiger partial charge in [-0.05, 0) is 45.0 Å². The predicted octanol–water partition coefficient (Wildman–Crippen LogP) is 3.94. The third-order valence-corrected chi connectivity index (χ3v) is 3.62. The normalized spacial score (nSPS) is 14.1. The molecule has 11 heteroatoms. The van der Waals surface area contributed by atoms with Crippen LogP contribution in [0.2, 0.25) is 0 Å². The van der Waals surface area contributed by atoms with Crippen molar-refractivity contribution in [3.8, 4) is 11.3 Å². The molecule has 0 saturated carbocycles. The molecule has 1 heterocycles. The van der Waals surface area contributed by atoms with Crippen molar-refractivity contribution in [3.05, 3.63) is 41.9 Å². The monoisotopic (exact) mass is 418 g/mol. The lowest BCUT2D eigenvalue weighted by Crippen LogP contribution is -2.62. The minimum atomic E-state index is -5.38. The number of methoxy groups -OCH3 is 1. The maximum atomic E-state index is 14.0. The van der Waals surface area contributed by atoms with Crippen molar-refractivity contribution in [3.63, 3.8) is 0 Å². The van der Waals surface area contributed by atoms with E-state index in [0.29, 0.717) is 0 Å². The fourth-order valence-corrected chi connectivity index (χ4v) is 2.36. The Labute approximate surface area is 163 Å². The van der Waals surface area contributed by atoms with Gasteiger partial charge in [-0.2, -0.15) is 13.2 Å². The van der Waals surface area contributed by atoms with Crippen LogP contribution in [-0.4, -0.2) is 36.1 Å². The maximum Gasteiger partial charge on any atom is 0.430 e. The lowest BCUT2D eigenvalue weighted by Gasteiger charge is -2.32. The van der Waals surface area contributed by atoms with E-state index >= 15 is 0 Å². The van der Waals surface area contributed by atoms with Crippen molar-refractivity contribution < 1.29 is 41.1 Å². The fraction of sp³-hybridized carbons (Fsp3) is 0.389. The van der Waals surface area contributed by atoms with E-state index in [-0.39, 0.29) is 11.3 Å². The molecule has 1 amide bonds. The lowest BCUT2D eigenvalue weighted by atomic mass is 9.94. The second-order valence-corrected chi connectivity index (χ2v) is 6.95. The molecular weight excluding hydrogens is 400 g/mol. The van der Waals surface area contributed by atoms with Gasteiger partial charge < -0.3 is 14.0 Å². The number of hydrogen-bond donors (Lipinski definition) is 1. The molecule has 2 rings (SSSR count). The molecule has 7 nitrogen and oxygen atoms in total. The summed E-state index contributed by atoms with van der Waals surface area (Å²) >= 11 is 0. The standard InChI is InChI=1S/C18H18F4N2O5/c1-16(2,3)28-15(26)23-17(14(25)27-4,18(20,21)22)13-9-12(24-29-13)10-5-7-11(19)8-6-10/h5-9H,1-4H3,(H,23,26). The van der Waals surface area contributed by atoms with Crippen LogP contribution in [0, 0.1) is 5.82 Å². The molecule has 0 aliphatic rings. The number of halogens is 4. The lowest BCUT2D eigenvalue weighted by molar-refractivity contribution is -0.218. The molecule has 0 spiro atoms. The minimum Gasteiger partial charge on any atom is -0.467 e. The van der Waals surface area contributed by atoms with Crippen LogP contribution in [0.3, 0.4) is 0 Å². The molecule has 0 aliphatic heterocycles. The van der Waals surface area contributed by atoms with E-state index in [1.54, 1.807) is 0 Å². The van der Waals surface area contributed by atoms with Crippen LogP contribution >= 0.6 is 0 Å². The Morgan fingerprint density at radius 1 is 1.10 bits per heavy atom. The molecule has 2 aromatic rings.